The van der Waals surface area contributed by atoms with Gasteiger partial charge >= 0.3 is 5.76 Å². The minimum atomic E-state index is -0.483. The molecule has 2 aromatic heterocycles. The predicted octanol–water partition coefficient (Wildman–Crippen LogP) is 0.935. The first kappa shape index (κ1) is 11.5. The number of rotatable bonds is 5. The van der Waals surface area contributed by atoms with Gasteiger partial charge < -0.3 is 4.74 Å². The summed E-state index contributed by atoms with van der Waals surface area (Å²) in [6.07, 6.45) is 3.29. The fourth-order valence-corrected chi connectivity index (χ4v) is 1.47. The van der Waals surface area contributed by atoms with Gasteiger partial charge in [-0.05, 0) is 19.1 Å². The lowest BCUT2D eigenvalue weighted by Gasteiger charge is -2.03. The second-order valence-corrected chi connectivity index (χ2v) is 3.36. The molecule has 6 nitrogen and oxygen atoms in total. The molecule has 0 unspecified atom stereocenters. The third-order valence-corrected chi connectivity index (χ3v) is 2.27. The van der Waals surface area contributed by atoms with E-state index in [1.807, 2.05) is 13.0 Å². The van der Waals surface area contributed by atoms with Gasteiger partial charge in [-0.25, -0.2) is 4.79 Å². The molecule has 0 aliphatic carbocycles. The van der Waals surface area contributed by atoms with E-state index < -0.39 is 5.76 Å². The van der Waals surface area contributed by atoms with E-state index in [9.17, 15) is 4.79 Å². The molecule has 0 aromatic carbocycles. The Hall–Kier alpha value is -1.95. The van der Waals surface area contributed by atoms with Crippen molar-refractivity contribution in [1.82, 2.24) is 14.7 Å². The highest BCUT2D eigenvalue weighted by atomic mass is 16.5. The van der Waals surface area contributed by atoms with Gasteiger partial charge in [-0.2, -0.15) is 0 Å². The van der Waals surface area contributed by atoms with E-state index >= 15 is 0 Å². The van der Waals surface area contributed by atoms with Crippen LogP contribution in [0.4, 0.5) is 0 Å². The molecule has 2 aromatic rings. The monoisotopic (exact) mass is 235 g/mol. The molecule has 0 amide bonds. The predicted molar refractivity (Wildman–Crippen MR) is 60.5 cm³/mol. The van der Waals surface area contributed by atoms with Gasteiger partial charge in [0.25, 0.3) is 0 Å². The Labute approximate surface area is 97.8 Å². The van der Waals surface area contributed by atoms with Crippen molar-refractivity contribution in [1.29, 1.82) is 0 Å². The summed E-state index contributed by atoms with van der Waals surface area (Å²) in [6, 6.07) is 3.60. The highest BCUT2D eigenvalue weighted by Crippen LogP contribution is 2.13. The molecule has 0 radical (unpaired) electrons. The molecule has 0 N–H and O–H groups in total. The van der Waals surface area contributed by atoms with Gasteiger partial charge in [0.05, 0.1) is 13.2 Å². The molecule has 0 aliphatic rings. The summed E-state index contributed by atoms with van der Waals surface area (Å²) in [5.41, 5.74) is 0.745. The van der Waals surface area contributed by atoms with Crippen LogP contribution in [0.15, 0.2) is 33.8 Å². The maximum absolute atomic E-state index is 11.5. The van der Waals surface area contributed by atoms with Crippen molar-refractivity contribution in [2.45, 2.75) is 13.5 Å². The average Bonchev–Trinajstić information content (AvgIpc) is 2.73. The summed E-state index contributed by atoms with van der Waals surface area (Å²) in [4.78, 5) is 15.4. The fraction of sp³-hybridized carbons (Fsp3) is 0.364. The van der Waals surface area contributed by atoms with E-state index in [0.717, 1.165) is 5.56 Å². The van der Waals surface area contributed by atoms with Crippen molar-refractivity contribution < 1.29 is 9.26 Å². The van der Waals surface area contributed by atoms with Gasteiger partial charge in [0.2, 0.25) is 0 Å². The molecule has 6 heteroatoms. The van der Waals surface area contributed by atoms with Crippen LogP contribution in [0.25, 0.3) is 11.4 Å². The van der Waals surface area contributed by atoms with Crippen molar-refractivity contribution >= 4 is 0 Å². The van der Waals surface area contributed by atoms with E-state index in [2.05, 4.69) is 14.7 Å². The van der Waals surface area contributed by atoms with Crippen molar-refractivity contribution in [3.63, 3.8) is 0 Å². The summed E-state index contributed by atoms with van der Waals surface area (Å²) in [7, 11) is 0. The van der Waals surface area contributed by atoms with Crippen LogP contribution in [0.5, 0.6) is 0 Å². The summed E-state index contributed by atoms with van der Waals surface area (Å²) >= 11 is 0. The molecule has 0 spiro atoms. The van der Waals surface area contributed by atoms with Crippen LogP contribution in [0, 0.1) is 0 Å². The third-order valence-electron chi connectivity index (χ3n) is 2.27. The fourth-order valence-electron chi connectivity index (χ4n) is 1.47. The van der Waals surface area contributed by atoms with Crippen molar-refractivity contribution in [3.05, 3.63) is 35.1 Å². The Morgan fingerprint density at radius 1 is 1.53 bits per heavy atom. The summed E-state index contributed by atoms with van der Waals surface area (Å²) in [5.74, 6) is -0.00800. The first-order chi connectivity index (χ1) is 8.33. The van der Waals surface area contributed by atoms with Gasteiger partial charge in [-0.15, -0.1) is 0 Å². The zero-order chi connectivity index (χ0) is 12.1. The molecule has 0 aliphatic heterocycles. The van der Waals surface area contributed by atoms with E-state index in [1.165, 1.54) is 4.57 Å². The van der Waals surface area contributed by atoms with Crippen molar-refractivity contribution in [3.8, 4) is 11.4 Å². The van der Waals surface area contributed by atoms with Crippen LogP contribution >= 0.6 is 0 Å². The maximum atomic E-state index is 11.5. The third kappa shape index (κ3) is 2.59. The smallest absolute Gasteiger partial charge is 0.380 e. The van der Waals surface area contributed by atoms with Crippen molar-refractivity contribution in [2.24, 2.45) is 0 Å². The Bertz CT molecular complexity index is 518. The number of aromatic nitrogens is 3. The van der Waals surface area contributed by atoms with Crippen LogP contribution in [0.3, 0.4) is 0 Å². The van der Waals surface area contributed by atoms with Gasteiger partial charge in [0.1, 0.15) is 0 Å². The van der Waals surface area contributed by atoms with Crippen LogP contribution in [0.1, 0.15) is 6.92 Å². The first-order valence-electron chi connectivity index (χ1n) is 5.37. The van der Waals surface area contributed by atoms with Gasteiger partial charge in [-0.1, -0.05) is 5.16 Å². The Balaban J connectivity index is 2.26. The quantitative estimate of drug-likeness (QED) is 0.721. The largest absolute Gasteiger partial charge is 0.441 e. The molecule has 0 fully saturated rings. The van der Waals surface area contributed by atoms with Crippen LogP contribution in [0.2, 0.25) is 0 Å². The number of nitrogens with zero attached hydrogens (tertiary/aromatic N) is 3. The molecule has 0 saturated carbocycles. The van der Waals surface area contributed by atoms with Crippen LogP contribution in [-0.2, 0) is 11.3 Å². The molecule has 0 saturated heterocycles. The normalized spacial score (nSPS) is 10.6. The molecule has 0 bridgehead atoms. The highest BCUT2D eigenvalue weighted by molar-refractivity contribution is 5.52. The molecule has 2 rings (SSSR count). The van der Waals surface area contributed by atoms with Gasteiger partial charge in [0, 0.05) is 24.6 Å². The zero-order valence-electron chi connectivity index (χ0n) is 9.50. The van der Waals surface area contributed by atoms with E-state index in [-0.39, 0.29) is 0 Å². The Morgan fingerprint density at radius 2 is 2.41 bits per heavy atom. The lowest BCUT2D eigenvalue weighted by atomic mass is 10.3. The van der Waals surface area contributed by atoms with Gasteiger partial charge in [0.15, 0.2) is 5.82 Å². The Kier molecular flexibility index (Phi) is 3.66. The van der Waals surface area contributed by atoms with Gasteiger partial charge in [-0.3, -0.25) is 14.1 Å². The minimum absolute atomic E-state index is 0.417. The van der Waals surface area contributed by atoms with Crippen LogP contribution in [-0.4, -0.2) is 27.9 Å². The summed E-state index contributed by atoms with van der Waals surface area (Å²) in [5, 5.41) is 3.74. The Morgan fingerprint density at radius 3 is 3.12 bits per heavy atom. The summed E-state index contributed by atoms with van der Waals surface area (Å²) < 4.78 is 11.3. The molecular weight excluding hydrogens is 222 g/mol. The average molecular weight is 235 g/mol. The zero-order valence-corrected chi connectivity index (χ0v) is 9.50. The SMILES string of the molecule is CCOCCn1c(-c2cccnc2)noc1=O. The second kappa shape index (κ2) is 5.40. The number of hydrogen-bond acceptors (Lipinski definition) is 5. The molecule has 17 heavy (non-hydrogen) atoms. The van der Waals surface area contributed by atoms with Crippen LogP contribution < -0.4 is 5.76 Å². The highest BCUT2D eigenvalue weighted by Gasteiger charge is 2.12. The second-order valence-electron chi connectivity index (χ2n) is 3.36. The van der Waals surface area contributed by atoms with Crippen molar-refractivity contribution in [2.75, 3.05) is 13.2 Å². The molecule has 90 valence electrons. The molecular formula is C11H13N3O3. The lowest BCUT2D eigenvalue weighted by Crippen LogP contribution is -2.18. The molecule has 2 heterocycles. The van der Waals surface area contributed by atoms with E-state index in [1.54, 1.807) is 18.5 Å². The minimum Gasteiger partial charge on any atom is -0.380 e. The number of hydrogen-bond donors (Lipinski definition) is 0. The number of pyridine rings is 1. The first-order valence-corrected chi connectivity index (χ1v) is 5.37. The van der Waals surface area contributed by atoms with E-state index in [4.69, 9.17) is 4.74 Å². The van der Waals surface area contributed by atoms with E-state index in [0.29, 0.717) is 25.6 Å². The summed E-state index contributed by atoms with van der Waals surface area (Å²) in [6.45, 7) is 3.38. The number of ether oxygens (including phenoxy) is 1. The molecule has 0 atom stereocenters. The topological polar surface area (TPSA) is 70.2 Å². The standard InChI is InChI=1S/C11H13N3O3/c1-2-16-7-6-14-10(13-17-11(14)15)9-4-3-5-12-8-9/h3-5,8H,2,6-7H2,1H3. The maximum Gasteiger partial charge on any atom is 0.441 e. The lowest BCUT2D eigenvalue weighted by molar-refractivity contribution is 0.137.